The molecule has 0 fully saturated rings. The number of carboxylic acid groups (broad SMARTS) is 1. The van der Waals surface area contributed by atoms with Crippen LogP contribution in [0, 0.1) is 0 Å². The van der Waals surface area contributed by atoms with E-state index in [0.717, 1.165) is 24.1 Å². The van der Waals surface area contributed by atoms with Crippen LogP contribution in [0.4, 0.5) is 4.79 Å². The van der Waals surface area contributed by atoms with E-state index in [1.807, 2.05) is 12.1 Å². The van der Waals surface area contributed by atoms with Crippen molar-refractivity contribution in [3.05, 3.63) is 34.3 Å². The zero-order valence-corrected chi connectivity index (χ0v) is 9.64. The smallest absolute Gasteiger partial charge is 0.406 e. The van der Waals surface area contributed by atoms with Crippen molar-refractivity contribution in [2.75, 3.05) is 6.54 Å². The second kappa shape index (κ2) is 3.96. The number of hydrogen-bond donors (Lipinski definition) is 3. The van der Waals surface area contributed by atoms with Crippen molar-refractivity contribution in [3.63, 3.8) is 0 Å². The first kappa shape index (κ1) is 11.2. The highest BCUT2D eigenvalue weighted by Gasteiger charge is 2.33. The molecule has 2 rings (SSSR count). The fraction of sp³-hybridized carbons (Fsp3) is 0.364. The number of fused-ring (bicyclic) bond motifs is 1. The zero-order valence-electron chi connectivity index (χ0n) is 8.88. The van der Waals surface area contributed by atoms with Gasteiger partial charge in [0.15, 0.2) is 0 Å². The van der Waals surface area contributed by atoms with Crippen molar-refractivity contribution in [1.82, 2.24) is 10.6 Å². The first-order chi connectivity index (χ1) is 7.51. The average molecular weight is 241 g/mol. The van der Waals surface area contributed by atoms with Gasteiger partial charge < -0.3 is 5.11 Å². The largest absolute Gasteiger partial charge is 0.465 e. The van der Waals surface area contributed by atoms with E-state index in [1.165, 1.54) is 0 Å². The molecule has 16 heavy (non-hydrogen) atoms. The predicted octanol–water partition coefficient (Wildman–Crippen LogP) is 1.93. The van der Waals surface area contributed by atoms with Crippen molar-refractivity contribution in [2.24, 2.45) is 0 Å². The van der Waals surface area contributed by atoms with E-state index in [4.69, 9.17) is 16.7 Å². The van der Waals surface area contributed by atoms with Gasteiger partial charge in [-0.2, -0.15) is 0 Å². The van der Waals surface area contributed by atoms with Gasteiger partial charge in [0, 0.05) is 11.6 Å². The van der Waals surface area contributed by atoms with E-state index in [1.54, 1.807) is 13.0 Å². The summed E-state index contributed by atoms with van der Waals surface area (Å²) in [5.41, 5.74) is 1.26. The molecule has 0 saturated carbocycles. The molecule has 1 aliphatic heterocycles. The van der Waals surface area contributed by atoms with Crippen LogP contribution in [0.25, 0.3) is 0 Å². The SMILES string of the molecule is CC1(NC(=O)O)NCCc2ccc(Cl)cc21. The summed E-state index contributed by atoms with van der Waals surface area (Å²) in [7, 11) is 0. The van der Waals surface area contributed by atoms with Gasteiger partial charge in [-0.1, -0.05) is 17.7 Å². The second-order valence-electron chi connectivity index (χ2n) is 4.03. The average Bonchev–Trinajstić information content (AvgIpc) is 2.18. The summed E-state index contributed by atoms with van der Waals surface area (Å²) < 4.78 is 0. The third kappa shape index (κ3) is 1.99. The maximum absolute atomic E-state index is 10.8. The summed E-state index contributed by atoms with van der Waals surface area (Å²) in [4.78, 5) is 10.8. The van der Waals surface area contributed by atoms with Crippen LogP contribution in [0.15, 0.2) is 18.2 Å². The first-order valence-electron chi connectivity index (χ1n) is 5.06. The van der Waals surface area contributed by atoms with Crippen LogP contribution in [-0.4, -0.2) is 17.7 Å². The molecule has 3 N–H and O–H groups in total. The van der Waals surface area contributed by atoms with Gasteiger partial charge >= 0.3 is 6.09 Å². The summed E-state index contributed by atoms with van der Waals surface area (Å²) in [6.45, 7) is 2.54. The topological polar surface area (TPSA) is 61.4 Å². The normalized spacial score (nSPS) is 23.6. The highest BCUT2D eigenvalue weighted by atomic mass is 35.5. The van der Waals surface area contributed by atoms with Crippen LogP contribution in [0.5, 0.6) is 0 Å². The third-order valence-electron chi connectivity index (χ3n) is 2.84. The number of benzene rings is 1. The molecule has 0 aromatic heterocycles. The number of carbonyl (C=O) groups is 1. The molecule has 5 heteroatoms. The summed E-state index contributed by atoms with van der Waals surface area (Å²) in [5, 5.41) is 15.1. The van der Waals surface area contributed by atoms with Crippen LogP contribution in [-0.2, 0) is 12.1 Å². The van der Waals surface area contributed by atoms with Crippen molar-refractivity contribution in [3.8, 4) is 0 Å². The summed E-state index contributed by atoms with van der Waals surface area (Å²) in [6.07, 6.45) is -0.175. The number of hydrogen-bond acceptors (Lipinski definition) is 2. The summed E-state index contributed by atoms with van der Waals surface area (Å²) in [6, 6.07) is 5.58. The quantitative estimate of drug-likeness (QED) is 0.703. The van der Waals surface area contributed by atoms with E-state index < -0.39 is 11.8 Å². The predicted molar refractivity (Wildman–Crippen MR) is 61.7 cm³/mol. The maximum Gasteiger partial charge on any atom is 0.406 e. The number of nitrogens with one attached hydrogen (secondary N) is 2. The Kier molecular flexibility index (Phi) is 2.78. The molecule has 0 radical (unpaired) electrons. The van der Waals surface area contributed by atoms with Gasteiger partial charge in [0.1, 0.15) is 5.66 Å². The fourth-order valence-corrected chi connectivity index (χ4v) is 2.27. The Labute approximate surface area is 98.6 Å². The molecule has 0 bridgehead atoms. The Morgan fingerprint density at radius 2 is 2.38 bits per heavy atom. The van der Waals surface area contributed by atoms with E-state index >= 15 is 0 Å². The lowest BCUT2D eigenvalue weighted by molar-refractivity contribution is 0.169. The number of halogens is 1. The lowest BCUT2D eigenvalue weighted by atomic mass is 9.90. The van der Waals surface area contributed by atoms with Crippen LogP contribution in [0.1, 0.15) is 18.1 Å². The molecule has 4 nitrogen and oxygen atoms in total. The molecular formula is C11H13ClN2O2. The zero-order chi connectivity index (χ0) is 11.8. The Hall–Kier alpha value is -1.26. The van der Waals surface area contributed by atoms with Crippen LogP contribution < -0.4 is 10.6 Å². The number of rotatable bonds is 1. The molecular weight excluding hydrogens is 228 g/mol. The van der Waals surface area contributed by atoms with Crippen molar-refractivity contribution in [2.45, 2.75) is 19.0 Å². The van der Waals surface area contributed by atoms with Crippen molar-refractivity contribution >= 4 is 17.7 Å². The number of amides is 1. The first-order valence-corrected chi connectivity index (χ1v) is 5.44. The van der Waals surface area contributed by atoms with Crippen LogP contribution in [0.2, 0.25) is 5.02 Å². The summed E-state index contributed by atoms with van der Waals surface area (Å²) >= 11 is 5.94. The molecule has 0 saturated heterocycles. The molecule has 1 amide bonds. The second-order valence-corrected chi connectivity index (χ2v) is 4.47. The van der Waals surface area contributed by atoms with Crippen LogP contribution in [0.3, 0.4) is 0 Å². The lowest BCUT2D eigenvalue weighted by Gasteiger charge is -2.37. The van der Waals surface area contributed by atoms with Gasteiger partial charge in [-0.25, -0.2) is 4.79 Å². The molecule has 86 valence electrons. The van der Waals surface area contributed by atoms with Crippen LogP contribution >= 0.6 is 11.6 Å². The molecule has 1 atom stereocenters. The minimum atomic E-state index is -1.05. The van der Waals surface area contributed by atoms with Gasteiger partial charge in [-0.15, -0.1) is 0 Å². The lowest BCUT2D eigenvalue weighted by Crippen LogP contribution is -2.56. The monoisotopic (exact) mass is 240 g/mol. The van der Waals surface area contributed by atoms with Gasteiger partial charge in [0.05, 0.1) is 0 Å². The Balaban J connectivity index is 2.45. The van der Waals surface area contributed by atoms with Crippen molar-refractivity contribution in [1.29, 1.82) is 0 Å². The van der Waals surface area contributed by atoms with Gasteiger partial charge in [-0.3, -0.25) is 10.6 Å². The molecule has 0 spiro atoms. The van der Waals surface area contributed by atoms with E-state index in [-0.39, 0.29) is 0 Å². The minimum absolute atomic E-state index is 0.612. The molecule has 1 heterocycles. The summed E-state index contributed by atoms with van der Waals surface area (Å²) in [5.74, 6) is 0. The Morgan fingerprint density at radius 1 is 1.62 bits per heavy atom. The minimum Gasteiger partial charge on any atom is -0.465 e. The third-order valence-corrected chi connectivity index (χ3v) is 3.08. The maximum atomic E-state index is 10.8. The fourth-order valence-electron chi connectivity index (χ4n) is 2.10. The molecule has 1 unspecified atom stereocenters. The highest BCUT2D eigenvalue weighted by Crippen LogP contribution is 2.28. The Bertz CT molecular complexity index is 436. The van der Waals surface area contributed by atoms with Gasteiger partial charge in [0.2, 0.25) is 0 Å². The molecule has 1 aliphatic rings. The van der Waals surface area contributed by atoms with Gasteiger partial charge in [0.25, 0.3) is 0 Å². The highest BCUT2D eigenvalue weighted by molar-refractivity contribution is 6.30. The molecule has 1 aromatic rings. The molecule has 1 aromatic carbocycles. The van der Waals surface area contributed by atoms with E-state index in [0.29, 0.717) is 5.02 Å². The molecule has 0 aliphatic carbocycles. The van der Waals surface area contributed by atoms with E-state index in [2.05, 4.69) is 10.6 Å². The van der Waals surface area contributed by atoms with Gasteiger partial charge in [-0.05, 0) is 36.6 Å². The van der Waals surface area contributed by atoms with Crippen molar-refractivity contribution < 1.29 is 9.90 Å². The van der Waals surface area contributed by atoms with E-state index in [9.17, 15) is 4.79 Å². The standard InChI is InChI=1S/C11H13ClN2O2/c1-11(14-10(15)16)9-6-8(12)3-2-7(9)4-5-13-11/h2-3,6,13-14H,4-5H2,1H3,(H,15,16). The Morgan fingerprint density at radius 3 is 3.06 bits per heavy atom.